The van der Waals surface area contributed by atoms with E-state index in [4.69, 9.17) is 4.74 Å². The first-order valence-electron chi connectivity index (χ1n) is 13.2. The van der Waals surface area contributed by atoms with Crippen LogP contribution >= 0.6 is 0 Å². The number of carbonyl (C=O) groups is 1. The van der Waals surface area contributed by atoms with Crippen molar-refractivity contribution in [2.75, 3.05) is 42.3 Å². The Bertz CT molecular complexity index is 1460. The predicted octanol–water partition coefficient (Wildman–Crippen LogP) is 7.06. The van der Waals surface area contributed by atoms with Gasteiger partial charge in [-0.25, -0.2) is 4.79 Å². The number of fused-ring (bicyclic) bond motifs is 1. The molecule has 1 aliphatic heterocycles. The van der Waals surface area contributed by atoms with E-state index in [1.54, 1.807) is 0 Å². The molecule has 0 aromatic heterocycles. The first-order valence-corrected chi connectivity index (χ1v) is 13.2. The molecule has 194 valence electrons. The number of benzene rings is 4. The third kappa shape index (κ3) is 4.38. The maximum absolute atomic E-state index is 13.2. The van der Waals surface area contributed by atoms with Crippen LogP contribution in [0.4, 0.5) is 17.1 Å². The molecule has 0 radical (unpaired) electrons. The van der Waals surface area contributed by atoms with Gasteiger partial charge in [-0.1, -0.05) is 54.6 Å². The van der Waals surface area contributed by atoms with E-state index >= 15 is 0 Å². The molecule has 1 N–H and O–H groups in total. The second-order valence-corrected chi connectivity index (χ2v) is 9.90. The number of nitrogens with zero attached hydrogens (tertiary/aromatic N) is 2. The van der Waals surface area contributed by atoms with Gasteiger partial charge in [-0.2, -0.15) is 0 Å². The van der Waals surface area contributed by atoms with Gasteiger partial charge in [0.15, 0.2) is 0 Å². The summed E-state index contributed by atoms with van der Waals surface area (Å²) in [5.41, 5.74) is 7.53. The fraction of sp³-hybridized carbons (Fsp3) is 0.242. The summed E-state index contributed by atoms with van der Waals surface area (Å²) >= 11 is 0. The van der Waals surface area contributed by atoms with Gasteiger partial charge in [-0.05, 0) is 68.3 Å². The zero-order valence-corrected chi connectivity index (χ0v) is 22.8. The maximum Gasteiger partial charge on any atom is 0.341 e. The Morgan fingerprint density at radius 1 is 0.763 bits per heavy atom. The third-order valence-corrected chi connectivity index (χ3v) is 7.42. The van der Waals surface area contributed by atoms with Crippen LogP contribution < -0.4 is 15.1 Å². The molecule has 1 unspecified atom stereocenters. The Morgan fingerprint density at radius 3 is 2.05 bits per heavy atom. The number of anilines is 3. The van der Waals surface area contributed by atoms with Gasteiger partial charge < -0.3 is 19.9 Å². The van der Waals surface area contributed by atoms with Crippen LogP contribution in [-0.4, -0.2) is 33.2 Å². The van der Waals surface area contributed by atoms with Crippen molar-refractivity contribution in [2.45, 2.75) is 26.5 Å². The molecule has 0 spiro atoms. The molecule has 0 bridgehead atoms. The average molecular weight is 506 g/mol. The minimum atomic E-state index is -1.15. The first kappa shape index (κ1) is 25.4. The zero-order valence-electron chi connectivity index (χ0n) is 22.8. The summed E-state index contributed by atoms with van der Waals surface area (Å²) in [6, 6.07) is 30.7. The number of esters is 1. The van der Waals surface area contributed by atoms with E-state index in [-0.39, 0.29) is 5.97 Å². The predicted molar refractivity (Wildman–Crippen MR) is 157 cm³/mol. The minimum Gasteiger partial charge on any atom is -0.427 e. The monoisotopic (exact) mass is 505 g/mol. The lowest BCUT2D eigenvalue weighted by Crippen LogP contribution is -2.38. The SMILES string of the molecule is CCN(CC)c1ccc(C2(Nc3ccccc3-c3ccc(N(C)C)cc3)OC(=O)c3ccccc32)c(C)c1. The van der Waals surface area contributed by atoms with Crippen LogP contribution in [0.25, 0.3) is 11.1 Å². The molecular weight excluding hydrogens is 470 g/mol. The van der Waals surface area contributed by atoms with Crippen molar-refractivity contribution >= 4 is 23.0 Å². The van der Waals surface area contributed by atoms with E-state index in [0.717, 1.165) is 58.0 Å². The van der Waals surface area contributed by atoms with Crippen LogP contribution in [0.15, 0.2) is 91.0 Å². The highest BCUT2D eigenvalue weighted by Gasteiger charge is 2.48. The number of nitrogens with one attached hydrogen (secondary N) is 1. The summed E-state index contributed by atoms with van der Waals surface area (Å²) in [5.74, 6) is -0.326. The standard InChI is InChI=1S/C33H35N3O2/c1-6-36(7-2)26-20-21-29(23(3)22-26)33(30-14-10-8-13-28(30)32(37)38-33)34-31-15-11-9-12-27(31)24-16-18-25(19-17-24)35(4)5/h8-22,34H,6-7H2,1-5H3. The van der Waals surface area contributed by atoms with Gasteiger partial charge in [0.05, 0.1) is 5.56 Å². The molecule has 0 fully saturated rings. The Hall–Kier alpha value is -4.25. The molecule has 0 amide bonds. The molecule has 5 rings (SSSR count). The van der Waals surface area contributed by atoms with Crippen molar-refractivity contribution in [3.05, 3.63) is 113 Å². The molecule has 1 heterocycles. The summed E-state index contributed by atoms with van der Waals surface area (Å²) in [5, 5.41) is 3.71. The van der Waals surface area contributed by atoms with Crippen LogP contribution in [0.5, 0.6) is 0 Å². The number of ether oxygens (including phenoxy) is 1. The second-order valence-electron chi connectivity index (χ2n) is 9.90. The molecule has 1 aliphatic rings. The quantitative estimate of drug-likeness (QED) is 0.260. The normalized spacial score (nSPS) is 16.1. The highest BCUT2D eigenvalue weighted by Crippen LogP contribution is 2.45. The summed E-state index contributed by atoms with van der Waals surface area (Å²) in [6.45, 7) is 8.26. The van der Waals surface area contributed by atoms with Crippen molar-refractivity contribution < 1.29 is 9.53 Å². The fourth-order valence-corrected chi connectivity index (χ4v) is 5.38. The number of cyclic esters (lactones) is 1. The first-order chi connectivity index (χ1) is 18.4. The lowest BCUT2D eigenvalue weighted by Gasteiger charge is -2.34. The highest BCUT2D eigenvalue weighted by atomic mass is 16.6. The lowest BCUT2D eigenvalue weighted by molar-refractivity contribution is 0.0211. The van der Waals surface area contributed by atoms with Gasteiger partial charge in [0.2, 0.25) is 5.72 Å². The van der Waals surface area contributed by atoms with Crippen molar-refractivity contribution in [1.29, 1.82) is 0 Å². The number of aryl methyl sites for hydroxylation is 1. The lowest BCUT2D eigenvalue weighted by atomic mass is 9.88. The summed E-state index contributed by atoms with van der Waals surface area (Å²) < 4.78 is 6.31. The largest absolute Gasteiger partial charge is 0.427 e. The summed E-state index contributed by atoms with van der Waals surface area (Å²) in [7, 11) is 4.07. The van der Waals surface area contributed by atoms with Crippen LogP contribution in [0.3, 0.4) is 0 Å². The molecule has 0 saturated heterocycles. The topological polar surface area (TPSA) is 44.8 Å². The van der Waals surface area contributed by atoms with Gasteiger partial charge in [-0.3, -0.25) is 0 Å². The fourth-order valence-electron chi connectivity index (χ4n) is 5.38. The van der Waals surface area contributed by atoms with E-state index in [0.29, 0.717) is 5.56 Å². The molecule has 38 heavy (non-hydrogen) atoms. The number of para-hydroxylation sites is 1. The Kier molecular flexibility index (Phi) is 6.85. The molecule has 4 aromatic rings. The number of hydrogen-bond donors (Lipinski definition) is 1. The smallest absolute Gasteiger partial charge is 0.341 e. The van der Waals surface area contributed by atoms with E-state index < -0.39 is 5.72 Å². The maximum atomic E-state index is 13.2. The van der Waals surface area contributed by atoms with E-state index in [1.165, 1.54) is 0 Å². The van der Waals surface area contributed by atoms with Crippen LogP contribution in [0, 0.1) is 6.92 Å². The highest BCUT2D eigenvalue weighted by molar-refractivity contribution is 5.96. The van der Waals surface area contributed by atoms with E-state index in [1.807, 2.05) is 56.6 Å². The number of rotatable bonds is 8. The van der Waals surface area contributed by atoms with Crippen LogP contribution in [0.1, 0.15) is 40.9 Å². The van der Waals surface area contributed by atoms with Gasteiger partial charge >= 0.3 is 5.97 Å². The average Bonchev–Trinajstić information content (AvgIpc) is 3.21. The molecule has 0 aliphatic carbocycles. The third-order valence-electron chi connectivity index (χ3n) is 7.42. The van der Waals surface area contributed by atoms with Crippen molar-refractivity contribution in [3.63, 3.8) is 0 Å². The van der Waals surface area contributed by atoms with Crippen molar-refractivity contribution in [2.24, 2.45) is 0 Å². The molecule has 0 saturated carbocycles. The Morgan fingerprint density at radius 2 is 1.39 bits per heavy atom. The zero-order chi connectivity index (χ0) is 26.9. The Labute approximate surface area is 225 Å². The van der Waals surface area contributed by atoms with Crippen LogP contribution in [-0.2, 0) is 10.5 Å². The van der Waals surface area contributed by atoms with Gasteiger partial charge in [-0.15, -0.1) is 0 Å². The molecule has 1 atom stereocenters. The second kappa shape index (κ2) is 10.3. The summed E-state index contributed by atoms with van der Waals surface area (Å²) in [6.07, 6.45) is 0. The van der Waals surface area contributed by atoms with E-state index in [2.05, 4.69) is 84.4 Å². The van der Waals surface area contributed by atoms with Gasteiger partial charge in [0, 0.05) is 60.9 Å². The van der Waals surface area contributed by atoms with Gasteiger partial charge in [0.1, 0.15) is 0 Å². The summed E-state index contributed by atoms with van der Waals surface area (Å²) in [4.78, 5) is 17.6. The molecular formula is C33H35N3O2. The van der Waals surface area contributed by atoms with Crippen molar-refractivity contribution in [1.82, 2.24) is 0 Å². The molecule has 4 aromatic carbocycles. The minimum absolute atomic E-state index is 0.326. The molecule has 5 heteroatoms. The Balaban J connectivity index is 1.65. The number of carbonyl (C=O) groups excluding carboxylic acids is 1. The molecule has 5 nitrogen and oxygen atoms in total. The van der Waals surface area contributed by atoms with E-state index in [9.17, 15) is 4.79 Å². The van der Waals surface area contributed by atoms with Gasteiger partial charge in [0.25, 0.3) is 0 Å². The number of hydrogen-bond acceptors (Lipinski definition) is 5. The van der Waals surface area contributed by atoms with Crippen LogP contribution in [0.2, 0.25) is 0 Å². The van der Waals surface area contributed by atoms with Crippen molar-refractivity contribution in [3.8, 4) is 11.1 Å².